The molecule has 3 heteroatoms. The highest BCUT2D eigenvalue weighted by molar-refractivity contribution is 5.26. The van der Waals surface area contributed by atoms with Gasteiger partial charge < -0.3 is 5.32 Å². The third-order valence-electron chi connectivity index (χ3n) is 5.91. The van der Waals surface area contributed by atoms with Crippen LogP contribution in [-0.2, 0) is 6.42 Å². The summed E-state index contributed by atoms with van der Waals surface area (Å²) in [5.74, 6) is 3.68. The summed E-state index contributed by atoms with van der Waals surface area (Å²) in [5.41, 5.74) is 2.71. The SMILES string of the molecule is CCCNC1CCCc2nc(C3CC4CCC3C4)ncc21. The number of rotatable bonds is 4. The van der Waals surface area contributed by atoms with Gasteiger partial charge in [-0.3, -0.25) is 0 Å². The molecule has 0 radical (unpaired) electrons. The van der Waals surface area contributed by atoms with Crippen molar-refractivity contribution in [3.63, 3.8) is 0 Å². The van der Waals surface area contributed by atoms with Crippen LogP contribution in [0.5, 0.6) is 0 Å². The fraction of sp³-hybridized carbons (Fsp3) is 0.778. The third kappa shape index (κ3) is 2.50. The van der Waals surface area contributed by atoms with Crippen molar-refractivity contribution in [1.29, 1.82) is 0 Å². The Bertz CT molecular complexity index is 513. The van der Waals surface area contributed by atoms with Crippen molar-refractivity contribution in [3.05, 3.63) is 23.3 Å². The van der Waals surface area contributed by atoms with Crippen LogP contribution in [0.2, 0.25) is 0 Å². The Kier molecular flexibility index (Phi) is 3.70. The first-order valence-electron chi connectivity index (χ1n) is 8.94. The summed E-state index contributed by atoms with van der Waals surface area (Å²) in [6.07, 6.45) is 12.6. The maximum Gasteiger partial charge on any atom is 0.131 e. The van der Waals surface area contributed by atoms with Crippen LogP contribution in [0.25, 0.3) is 0 Å². The Balaban J connectivity index is 1.56. The highest BCUT2D eigenvalue weighted by Crippen LogP contribution is 2.52. The molecule has 4 rings (SSSR count). The average molecular weight is 285 g/mol. The molecule has 0 spiro atoms. The number of fused-ring (bicyclic) bond motifs is 3. The smallest absolute Gasteiger partial charge is 0.131 e. The Morgan fingerprint density at radius 1 is 1.24 bits per heavy atom. The molecule has 3 nitrogen and oxygen atoms in total. The van der Waals surface area contributed by atoms with Crippen LogP contribution in [0.3, 0.4) is 0 Å². The van der Waals surface area contributed by atoms with Gasteiger partial charge in [0.1, 0.15) is 5.82 Å². The lowest BCUT2D eigenvalue weighted by Crippen LogP contribution is -2.27. The molecule has 3 aliphatic rings. The maximum absolute atomic E-state index is 5.02. The summed E-state index contributed by atoms with van der Waals surface area (Å²) < 4.78 is 0. The van der Waals surface area contributed by atoms with Crippen LogP contribution in [0, 0.1) is 11.8 Å². The monoisotopic (exact) mass is 285 g/mol. The number of hydrogen-bond acceptors (Lipinski definition) is 3. The molecule has 2 fully saturated rings. The van der Waals surface area contributed by atoms with Gasteiger partial charge in [0.25, 0.3) is 0 Å². The predicted octanol–water partition coefficient (Wildman–Crippen LogP) is 3.76. The lowest BCUT2D eigenvalue weighted by molar-refractivity contribution is 0.399. The van der Waals surface area contributed by atoms with Crippen molar-refractivity contribution in [3.8, 4) is 0 Å². The highest BCUT2D eigenvalue weighted by Gasteiger charge is 2.41. The molecule has 0 aliphatic heterocycles. The normalized spacial score (nSPS) is 34.1. The highest BCUT2D eigenvalue weighted by atomic mass is 15.0. The van der Waals surface area contributed by atoms with E-state index in [-0.39, 0.29) is 0 Å². The first-order valence-corrected chi connectivity index (χ1v) is 8.94. The Labute approximate surface area is 128 Å². The second-order valence-corrected chi connectivity index (χ2v) is 7.31. The van der Waals surface area contributed by atoms with Gasteiger partial charge in [-0.1, -0.05) is 13.3 Å². The van der Waals surface area contributed by atoms with Crippen molar-refractivity contribution in [2.45, 2.75) is 70.3 Å². The van der Waals surface area contributed by atoms with Crippen molar-refractivity contribution >= 4 is 0 Å². The second-order valence-electron chi connectivity index (χ2n) is 7.31. The zero-order chi connectivity index (χ0) is 14.2. The minimum absolute atomic E-state index is 0.489. The standard InChI is InChI=1S/C18H27N3/c1-2-8-19-16-4-3-5-17-15(16)11-20-18(21-17)14-10-12-6-7-13(14)9-12/h11-14,16,19H,2-10H2,1H3. The van der Waals surface area contributed by atoms with E-state index < -0.39 is 0 Å². The van der Waals surface area contributed by atoms with Gasteiger partial charge in [-0.25, -0.2) is 9.97 Å². The molecule has 0 amide bonds. The summed E-state index contributed by atoms with van der Waals surface area (Å²) >= 11 is 0. The fourth-order valence-electron chi connectivity index (χ4n) is 4.83. The molecule has 1 heterocycles. The van der Waals surface area contributed by atoms with E-state index >= 15 is 0 Å². The van der Waals surface area contributed by atoms with E-state index in [4.69, 9.17) is 9.97 Å². The Hall–Kier alpha value is -0.960. The first-order chi connectivity index (χ1) is 10.3. The number of aryl methyl sites for hydroxylation is 1. The van der Waals surface area contributed by atoms with E-state index in [1.165, 1.54) is 56.2 Å². The van der Waals surface area contributed by atoms with Crippen LogP contribution >= 0.6 is 0 Å². The largest absolute Gasteiger partial charge is 0.310 e. The number of nitrogens with one attached hydrogen (secondary N) is 1. The van der Waals surface area contributed by atoms with Crippen LogP contribution in [-0.4, -0.2) is 16.5 Å². The number of nitrogens with zero attached hydrogens (tertiary/aromatic N) is 2. The zero-order valence-corrected chi connectivity index (χ0v) is 13.1. The fourth-order valence-corrected chi connectivity index (χ4v) is 4.83. The van der Waals surface area contributed by atoms with E-state index in [0.717, 1.165) is 30.6 Å². The summed E-state index contributed by atoms with van der Waals surface area (Å²) in [4.78, 5) is 9.82. The summed E-state index contributed by atoms with van der Waals surface area (Å²) in [6.45, 7) is 3.32. The van der Waals surface area contributed by atoms with Crippen LogP contribution in [0.1, 0.15) is 80.9 Å². The predicted molar refractivity (Wildman–Crippen MR) is 84.2 cm³/mol. The molecule has 2 bridgehead atoms. The quantitative estimate of drug-likeness (QED) is 0.915. The molecule has 0 saturated heterocycles. The molecule has 4 atom stereocenters. The van der Waals surface area contributed by atoms with Gasteiger partial charge in [0.2, 0.25) is 0 Å². The van der Waals surface area contributed by atoms with E-state index in [0.29, 0.717) is 12.0 Å². The van der Waals surface area contributed by atoms with Crippen molar-refractivity contribution in [2.24, 2.45) is 11.8 Å². The van der Waals surface area contributed by atoms with E-state index in [9.17, 15) is 0 Å². The van der Waals surface area contributed by atoms with Crippen LogP contribution in [0.15, 0.2) is 6.20 Å². The van der Waals surface area contributed by atoms with E-state index in [1.807, 2.05) is 0 Å². The Morgan fingerprint density at radius 3 is 2.95 bits per heavy atom. The number of hydrogen-bond donors (Lipinski definition) is 1. The molecule has 0 aromatic carbocycles. The topological polar surface area (TPSA) is 37.8 Å². The maximum atomic E-state index is 5.02. The number of aromatic nitrogens is 2. The van der Waals surface area contributed by atoms with Gasteiger partial charge >= 0.3 is 0 Å². The van der Waals surface area contributed by atoms with Crippen molar-refractivity contribution < 1.29 is 0 Å². The molecule has 1 N–H and O–H groups in total. The zero-order valence-electron chi connectivity index (χ0n) is 13.1. The van der Waals surface area contributed by atoms with Crippen molar-refractivity contribution in [1.82, 2.24) is 15.3 Å². The van der Waals surface area contributed by atoms with Gasteiger partial charge in [0.05, 0.1) is 0 Å². The first kappa shape index (κ1) is 13.7. The lowest BCUT2D eigenvalue weighted by Gasteiger charge is -2.27. The van der Waals surface area contributed by atoms with Gasteiger partial charge in [-0.05, 0) is 63.3 Å². The minimum Gasteiger partial charge on any atom is -0.310 e. The second kappa shape index (κ2) is 5.68. The lowest BCUT2D eigenvalue weighted by atomic mass is 9.87. The minimum atomic E-state index is 0.489. The Morgan fingerprint density at radius 2 is 2.19 bits per heavy atom. The van der Waals surface area contributed by atoms with Gasteiger partial charge in [-0.2, -0.15) is 0 Å². The third-order valence-corrected chi connectivity index (χ3v) is 5.91. The molecular weight excluding hydrogens is 258 g/mol. The summed E-state index contributed by atoms with van der Waals surface area (Å²) in [5, 5.41) is 3.66. The molecule has 2 saturated carbocycles. The molecule has 21 heavy (non-hydrogen) atoms. The van der Waals surface area contributed by atoms with Crippen LogP contribution in [0.4, 0.5) is 0 Å². The molecule has 4 unspecified atom stereocenters. The van der Waals surface area contributed by atoms with Gasteiger partial charge in [0, 0.05) is 29.4 Å². The van der Waals surface area contributed by atoms with Crippen molar-refractivity contribution in [2.75, 3.05) is 6.54 Å². The molecule has 1 aromatic heterocycles. The van der Waals surface area contributed by atoms with E-state index in [2.05, 4.69) is 18.4 Å². The summed E-state index contributed by atoms with van der Waals surface area (Å²) in [6, 6.07) is 0.489. The van der Waals surface area contributed by atoms with Gasteiger partial charge in [0.15, 0.2) is 0 Å². The summed E-state index contributed by atoms with van der Waals surface area (Å²) in [7, 11) is 0. The van der Waals surface area contributed by atoms with E-state index in [1.54, 1.807) is 0 Å². The van der Waals surface area contributed by atoms with Crippen LogP contribution < -0.4 is 5.32 Å². The molecule has 114 valence electrons. The molecule has 1 aromatic rings. The molecular formula is C18H27N3. The molecule has 3 aliphatic carbocycles. The average Bonchev–Trinajstić information content (AvgIpc) is 3.15. The van der Waals surface area contributed by atoms with Gasteiger partial charge in [-0.15, -0.1) is 0 Å².